The summed E-state index contributed by atoms with van der Waals surface area (Å²) in [7, 11) is 1.29. The summed E-state index contributed by atoms with van der Waals surface area (Å²) in [5.41, 5.74) is 1.42. The Morgan fingerprint density at radius 3 is 2.35 bits per heavy atom. The molecule has 23 heavy (non-hydrogen) atoms. The molecule has 0 amide bonds. The van der Waals surface area contributed by atoms with Crippen molar-refractivity contribution in [3.8, 4) is 5.75 Å². The molecule has 0 saturated carbocycles. The second-order valence-corrected chi connectivity index (χ2v) is 4.59. The minimum Gasteiger partial charge on any atom is -0.465 e. The van der Waals surface area contributed by atoms with Crippen LogP contribution in [0.25, 0.3) is 0 Å². The van der Waals surface area contributed by atoms with Crippen molar-refractivity contribution in [2.24, 2.45) is 0 Å². The molecular formula is C16H14F3NO3. The highest BCUT2D eigenvalue weighted by molar-refractivity contribution is 5.89. The number of benzene rings is 2. The number of carbonyl (C=O) groups is 1. The summed E-state index contributed by atoms with van der Waals surface area (Å²) < 4.78 is 45.6. The highest BCUT2D eigenvalue weighted by Gasteiger charge is 2.32. The van der Waals surface area contributed by atoms with Crippen LogP contribution in [0.3, 0.4) is 0 Å². The number of methoxy groups -OCH3 is 1. The maximum atomic E-state index is 12.3. The smallest absolute Gasteiger partial charge is 0.465 e. The summed E-state index contributed by atoms with van der Waals surface area (Å²) >= 11 is 0. The van der Waals surface area contributed by atoms with E-state index in [-0.39, 0.29) is 18.0 Å². The monoisotopic (exact) mass is 325 g/mol. The largest absolute Gasteiger partial charge is 0.573 e. The van der Waals surface area contributed by atoms with Crippen molar-refractivity contribution in [2.75, 3.05) is 12.4 Å². The molecule has 2 aromatic carbocycles. The lowest BCUT2D eigenvalue weighted by Crippen LogP contribution is -2.18. The van der Waals surface area contributed by atoms with Crippen LogP contribution < -0.4 is 10.1 Å². The molecule has 7 heteroatoms. The first-order chi connectivity index (χ1) is 10.9. The lowest BCUT2D eigenvalue weighted by atomic mass is 10.1. The van der Waals surface area contributed by atoms with E-state index in [2.05, 4.69) is 14.8 Å². The lowest BCUT2D eigenvalue weighted by molar-refractivity contribution is -0.274. The number of carbonyl (C=O) groups excluding carboxylic acids is 1. The number of alkyl halides is 3. The molecule has 0 aromatic heterocycles. The van der Waals surface area contributed by atoms with E-state index in [0.717, 1.165) is 5.56 Å². The number of halogens is 3. The van der Waals surface area contributed by atoms with E-state index in [4.69, 9.17) is 0 Å². The molecule has 0 heterocycles. The number of esters is 1. The first-order valence-electron chi connectivity index (χ1n) is 6.65. The molecule has 2 aromatic rings. The summed E-state index contributed by atoms with van der Waals surface area (Å²) in [6, 6.07) is 12.3. The topological polar surface area (TPSA) is 47.6 Å². The van der Waals surface area contributed by atoms with Crippen molar-refractivity contribution in [2.45, 2.75) is 12.9 Å². The quantitative estimate of drug-likeness (QED) is 0.845. The summed E-state index contributed by atoms with van der Waals surface area (Å²) in [5, 5.41) is 2.87. The van der Waals surface area contributed by atoms with Crippen LogP contribution in [0.2, 0.25) is 0 Å². The zero-order chi connectivity index (χ0) is 16.9. The number of nitrogens with one attached hydrogen (secondary N) is 1. The van der Waals surface area contributed by atoms with Gasteiger partial charge in [-0.2, -0.15) is 0 Å². The van der Waals surface area contributed by atoms with Crippen molar-refractivity contribution in [3.63, 3.8) is 0 Å². The van der Waals surface area contributed by atoms with Crippen molar-refractivity contribution < 1.29 is 27.4 Å². The fourth-order valence-electron chi connectivity index (χ4n) is 1.90. The number of hydrogen-bond acceptors (Lipinski definition) is 4. The maximum Gasteiger partial charge on any atom is 0.573 e. The third-order valence-corrected chi connectivity index (χ3v) is 2.97. The van der Waals surface area contributed by atoms with E-state index < -0.39 is 12.3 Å². The highest BCUT2D eigenvalue weighted by atomic mass is 19.4. The van der Waals surface area contributed by atoms with Crippen molar-refractivity contribution >= 4 is 11.7 Å². The van der Waals surface area contributed by atoms with Gasteiger partial charge in [0.15, 0.2) is 5.75 Å². The van der Waals surface area contributed by atoms with Gasteiger partial charge in [0, 0.05) is 6.54 Å². The summed E-state index contributed by atoms with van der Waals surface area (Å²) in [6.07, 6.45) is -4.75. The Morgan fingerprint density at radius 1 is 1.09 bits per heavy atom. The SMILES string of the molecule is COC(=O)c1ccc(CNc2ccccc2OC(F)(F)F)cc1. The molecule has 1 N–H and O–H groups in total. The first-order valence-corrected chi connectivity index (χ1v) is 6.65. The van der Waals surface area contributed by atoms with Gasteiger partial charge in [-0.05, 0) is 29.8 Å². The molecular weight excluding hydrogens is 311 g/mol. The predicted octanol–water partition coefficient (Wildman–Crippen LogP) is 3.98. The van der Waals surface area contributed by atoms with Gasteiger partial charge in [-0.25, -0.2) is 4.79 Å². The minimum absolute atomic E-state index is 0.224. The van der Waals surface area contributed by atoms with Gasteiger partial charge in [-0.15, -0.1) is 13.2 Å². The van der Waals surface area contributed by atoms with E-state index in [1.54, 1.807) is 30.3 Å². The molecule has 0 fully saturated rings. The lowest BCUT2D eigenvalue weighted by Gasteiger charge is -2.14. The Balaban J connectivity index is 2.05. The normalized spacial score (nSPS) is 11.0. The fourth-order valence-corrected chi connectivity index (χ4v) is 1.90. The summed E-state index contributed by atoms with van der Waals surface area (Å²) in [5.74, 6) is -0.750. The van der Waals surface area contributed by atoms with E-state index in [0.29, 0.717) is 5.56 Å². The Kier molecular flexibility index (Phi) is 5.10. The van der Waals surface area contributed by atoms with Crippen molar-refractivity contribution in [1.82, 2.24) is 0 Å². The molecule has 0 aliphatic heterocycles. The van der Waals surface area contributed by atoms with E-state index in [9.17, 15) is 18.0 Å². The maximum absolute atomic E-state index is 12.3. The van der Waals surface area contributed by atoms with Gasteiger partial charge in [0.1, 0.15) is 0 Å². The van der Waals surface area contributed by atoms with Crippen LogP contribution in [0.1, 0.15) is 15.9 Å². The number of anilines is 1. The molecule has 0 saturated heterocycles. The molecule has 0 bridgehead atoms. The zero-order valence-corrected chi connectivity index (χ0v) is 12.2. The Hall–Kier alpha value is -2.70. The average Bonchev–Trinajstić information content (AvgIpc) is 2.52. The summed E-state index contributed by atoms with van der Waals surface area (Å²) in [4.78, 5) is 11.3. The van der Waals surface area contributed by atoms with Crippen LogP contribution in [0.4, 0.5) is 18.9 Å². The van der Waals surface area contributed by atoms with Crippen LogP contribution in [0, 0.1) is 0 Å². The molecule has 2 rings (SSSR count). The van der Waals surface area contributed by atoms with E-state index in [1.807, 2.05) is 0 Å². The Bertz CT molecular complexity index is 669. The van der Waals surface area contributed by atoms with Crippen LogP contribution in [0.15, 0.2) is 48.5 Å². The Labute approximate surface area is 130 Å². The average molecular weight is 325 g/mol. The Morgan fingerprint density at radius 2 is 1.74 bits per heavy atom. The summed E-state index contributed by atoms with van der Waals surface area (Å²) in [6.45, 7) is 0.277. The van der Waals surface area contributed by atoms with Gasteiger partial charge in [-0.1, -0.05) is 24.3 Å². The second kappa shape index (κ2) is 7.04. The van der Waals surface area contributed by atoms with Crippen molar-refractivity contribution in [3.05, 3.63) is 59.7 Å². The number of hydrogen-bond donors (Lipinski definition) is 1. The molecule has 0 radical (unpaired) electrons. The molecule has 0 unspecified atom stereocenters. The van der Waals surface area contributed by atoms with Crippen LogP contribution in [-0.2, 0) is 11.3 Å². The van der Waals surface area contributed by atoms with Gasteiger partial charge in [0.25, 0.3) is 0 Å². The third kappa shape index (κ3) is 4.91. The molecule has 0 aliphatic carbocycles. The highest BCUT2D eigenvalue weighted by Crippen LogP contribution is 2.30. The van der Waals surface area contributed by atoms with Crippen LogP contribution >= 0.6 is 0 Å². The van der Waals surface area contributed by atoms with Gasteiger partial charge in [-0.3, -0.25) is 0 Å². The fraction of sp³-hybridized carbons (Fsp3) is 0.188. The standard InChI is InChI=1S/C16H14F3NO3/c1-22-15(21)12-8-6-11(7-9-12)10-20-13-4-2-3-5-14(13)23-16(17,18)19/h2-9,20H,10H2,1H3. The minimum atomic E-state index is -4.75. The van der Waals surface area contributed by atoms with Crippen LogP contribution in [0.5, 0.6) is 5.75 Å². The molecule has 0 aliphatic rings. The number of rotatable bonds is 5. The van der Waals surface area contributed by atoms with Crippen molar-refractivity contribution in [1.29, 1.82) is 0 Å². The molecule has 0 atom stereocenters. The van der Waals surface area contributed by atoms with E-state index in [1.165, 1.54) is 25.3 Å². The molecule has 0 spiro atoms. The predicted molar refractivity (Wildman–Crippen MR) is 78.2 cm³/mol. The zero-order valence-electron chi connectivity index (χ0n) is 12.2. The van der Waals surface area contributed by atoms with Crippen LogP contribution in [-0.4, -0.2) is 19.4 Å². The molecule has 122 valence electrons. The third-order valence-electron chi connectivity index (χ3n) is 2.97. The van der Waals surface area contributed by atoms with Gasteiger partial charge >= 0.3 is 12.3 Å². The van der Waals surface area contributed by atoms with E-state index >= 15 is 0 Å². The first kappa shape index (κ1) is 16.7. The van der Waals surface area contributed by atoms with Gasteiger partial charge in [0.2, 0.25) is 0 Å². The number of para-hydroxylation sites is 2. The molecule has 4 nitrogen and oxygen atoms in total. The number of ether oxygens (including phenoxy) is 2. The van der Waals surface area contributed by atoms with Gasteiger partial charge in [0.05, 0.1) is 18.4 Å². The second-order valence-electron chi connectivity index (χ2n) is 4.59. The van der Waals surface area contributed by atoms with Gasteiger partial charge < -0.3 is 14.8 Å².